The van der Waals surface area contributed by atoms with E-state index in [1.165, 1.54) is 6.42 Å². The Hall–Kier alpha value is -0.560. The monoisotopic (exact) mass is 192 g/mol. The predicted octanol–water partition coefficient (Wildman–Crippen LogP) is 2.77. The van der Waals surface area contributed by atoms with Crippen molar-refractivity contribution in [2.75, 3.05) is 6.61 Å². The van der Waals surface area contributed by atoms with Crippen LogP contribution in [0.3, 0.4) is 0 Å². The van der Waals surface area contributed by atoms with Crippen LogP contribution >= 0.6 is 0 Å². The molecule has 2 atom stereocenters. The minimum atomic E-state index is 0.187. The average molecular weight is 192 g/mol. The van der Waals surface area contributed by atoms with Gasteiger partial charge in [-0.15, -0.1) is 0 Å². The molecule has 2 aliphatic rings. The molecule has 2 rings (SSSR count). The maximum atomic E-state index is 9.41. The zero-order chi connectivity index (χ0) is 10.4. The zero-order valence-electron chi connectivity index (χ0n) is 9.33. The molecule has 1 fully saturated rings. The first kappa shape index (κ1) is 9.97. The lowest BCUT2D eigenvalue weighted by Gasteiger charge is -2.17. The first-order valence-corrected chi connectivity index (χ1v) is 5.55. The van der Waals surface area contributed by atoms with E-state index in [4.69, 9.17) is 0 Å². The van der Waals surface area contributed by atoms with E-state index in [-0.39, 0.29) is 5.41 Å². The molecular formula is C13H20O. The number of hydrogen-bond acceptors (Lipinski definition) is 1. The smallest absolute Gasteiger partial charge is 0.0476 e. The van der Waals surface area contributed by atoms with E-state index in [1.54, 1.807) is 0 Å². The second-order valence-electron chi connectivity index (χ2n) is 5.40. The summed E-state index contributed by atoms with van der Waals surface area (Å²) in [6.07, 6.45) is 9.99. The van der Waals surface area contributed by atoms with Gasteiger partial charge in [-0.25, -0.2) is 0 Å². The topological polar surface area (TPSA) is 20.2 Å². The summed E-state index contributed by atoms with van der Waals surface area (Å²) in [6, 6.07) is 0. The van der Waals surface area contributed by atoms with Crippen LogP contribution in [0, 0.1) is 22.7 Å². The van der Waals surface area contributed by atoms with Crippen molar-refractivity contribution < 1.29 is 5.11 Å². The predicted molar refractivity (Wildman–Crippen MR) is 58.9 cm³/mol. The van der Waals surface area contributed by atoms with Crippen LogP contribution in [0.1, 0.15) is 27.2 Å². The highest BCUT2D eigenvalue weighted by atomic mass is 16.3. The van der Waals surface area contributed by atoms with Gasteiger partial charge in [0.25, 0.3) is 0 Å². The highest BCUT2D eigenvalue weighted by molar-refractivity contribution is 5.41. The van der Waals surface area contributed by atoms with E-state index in [2.05, 4.69) is 45.1 Å². The largest absolute Gasteiger partial charge is 0.396 e. The highest BCUT2D eigenvalue weighted by Gasteiger charge is 2.70. The van der Waals surface area contributed by atoms with Crippen molar-refractivity contribution >= 4 is 0 Å². The fourth-order valence-electron chi connectivity index (χ4n) is 3.46. The van der Waals surface area contributed by atoms with Gasteiger partial charge >= 0.3 is 0 Å². The summed E-state index contributed by atoms with van der Waals surface area (Å²) >= 11 is 0. The molecule has 0 amide bonds. The van der Waals surface area contributed by atoms with Crippen LogP contribution in [0.4, 0.5) is 0 Å². The van der Waals surface area contributed by atoms with Crippen LogP contribution in [-0.4, -0.2) is 11.7 Å². The van der Waals surface area contributed by atoms with Gasteiger partial charge in [0, 0.05) is 17.9 Å². The molecule has 14 heavy (non-hydrogen) atoms. The molecule has 78 valence electrons. The van der Waals surface area contributed by atoms with Gasteiger partial charge in [-0.3, -0.25) is 0 Å². The van der Waals surface area contributed by atoms with Crippen molar-refractivity contribution in [1.82, 2.24) is 0 Å². The van der Waals surface area contributed by atoms with Crippen molar-refractivity contribution in [3.8, 4) is 0 Å². The maximum Gasteiger partial charge on any atom is 0.0476 e. The number of aliphatic hydroxyl groups excluding tert-OH is 1. The molecule has 1 spiro atoms. The Morgan fingerprint density at radius 2 is 1.86 bits per heavy atom. The van der Waals surface area contributed by atoms with Crippen molar-refractivity contribution in [1.29, 1.82) is 0 Å². The fourth-order valence-corrected chi connectivity index (χ4v) is 3.46. The van der Waals surface area contributed by atoms with Crippen molar-refractivity contribution in [3.63, 3.8) is 0 Å². The molecule has 0 bridgehead atoms. The van der Waals surface area contributed by atoms with Crippen LogP contribution in [-0.2, 0) is 0 Å². The summed E-state index contributed by atoms with van der Waals surface area (Å²) < 4.78 is 0. The average Bonchev–Trinajstić information content (AvgIpc) is 2.50. The molecule has 0 radical (unpaired) electrons. The molecular weight excluding hydrogens is 172 g/mol. The Labute approximate surface area is 86.5 Å². The lowest BCUT2D eigenvalue weighted by Crippen LogP contribution is -2.08. The van der Waals surface area contributed by atoms with Gasteiger partial charge < -0.3 is 5.11 Å². The molecule has 0 aromatic heterocycles. The molecule has 0 aromatic carbocycles. The van der Waals surface area contributed by atoms with Crippen LogP contribution in [0.2, 0.25) is 0 Å². The SMILES string of the molecule is CC(C)CC1(C)C(CO)C12C=CC=C2. The summed E-state index contributed by atoms with van der Waals surface area (Å²) in [6.45, 7) is 7.15. The third-order valence-corrected chi connectivity index (χ3v) is 4.12. The van der Waals surface area contributed by atoms with Gasteiger partial charge in [0.05, 0.1) is 0 Å². The number of aliphatic hydroxyl groups is 1. The Morgan fingerprint density at radius 1 is 1.29 bits per heavy atom. The molecule has 2 unspecified atom stereocenters. The fraction of sp³-hybridized carbons (Fsp3) is 0.692. The molecule has 1 saturated carbocycles. The van der Waals surface area contributed by atoms with Gasteiger partial charge in [0.2, 0.25) is 0 Å². The standard InChI is InChI=1S/C13H20O/c1-10(2)8-12(3)11(9-14)13(12)6-4-5-7-13/h4-7,10-11,14H,8-9H2,1-3H3. The lowest BCUT2D eigenvalue weighted by atomic mass is 9.87. The van der Waals surface area contributed by atoms with Crippen molar-refractivity contribution in [3.05, 3.63) is 24.3 Å². The molecule has 2 aliphatic carbocycles. The summed E-state index contributed by atoms with van der Waals surface area (Å²) in [7, 11) is 0. The van der Waals surface area contributed by atoms with Gasteiger partial charge in [-0.1, -0.05) is 45.1 Å². The van der Waals surface area contributed by atoms with Crippen LogP contribution < -0.4 is 0 Å². The van der Waals surface area contributed by atoms with Gasteiger partial charge in [0.15, 0.2) is 0 Å². The third kappa shape index (κ3) is 1.05. The van der Waals surface area contributed by atoms with E-state index in [0.29, 0.717) is 23.9 Å². The van der Waals surface area contributed by atoms with Gasteiger partial charge in [0.1, 0.15) is 0 Å². The molecule has 1 N–H and O–H groups in total. The quantitative estimate of drug-likeness (QED) is 0.729. The summed E-state index contributed by atoms with van der Waals surface area (Å²) in [5, 5.41) is 9.41. The van der Waals surface area contributed by atoms with Crippen molar-refractivity contribution in [2.45, 2.75) is 27.2 Å². The number of allylic oxidation sites excluding steroid dienone is 4. The van der Waals surface area contributed by atoms with E-state index in [0.717, 1.165) is 0 Å². The normalized spacial score (nSPS) is 37.4. The summed E-state index contributed by atoms with van der Waals surface area (Å²) in [5.41, 5.74) is 0.478. The Bertz CT molecular complexity index is 276. The second kappa shape index (κ2) is 2.96. The molecule has 1 heteroatoms. The zero-order valence-corrected chi connectivity index (χ0v) is 9.33. The van der Waals surface area contributed by atoms with E-state index >= 15 is 0 Å². The first-order chi connectivity index (χ1) is 6.57. The van der Waals surface area contributed by atoms with Crippen LogP contribution in [0.25, 0.3) is 0 Å². The van der Waals surface area contributed by atoms with Crippen LogP contribution in [0.15, 0.2) is 24.3 Å². The van der Waals surface area contributed by atoms with E-state index < -0.39 is 0 Å². The Kier molecular flexibility index (Phi) is 2.11. The molecule has 0 aliphatic heterocycles. The number of hydrogen-bond donors (Lipinski definition) is 1. The number of rotatable bonds is 3. The summed E-state index contributed by atoms with van der Waals surface area (Å²) in [5.74, 6) is 1.14. The minimum Gasteiger partial charge on any atom is -0.396 e. The first-order valence-electron chi connectivity index (χ1n) is 5.55. The summed E-state index contributed by atoms with van der Waals surface area (Å²) in [4.78, 5) is 0. The van der Waals surface area contributed by atoms with Gasteiger partial charge in [-0.05, 0) is 17.8 Å². The van der Waals surface area contributed by atoms with Gasteiger partial charge in [-0.2, -0.15) is 0 Å². The lowest BCUT2D eigenvalue weighted by molar-refractivity contribution is 0.242. The molecule has 0 saturated heterocycles. The molecule has 1 nitrogen and oxygen atoms in total. The second-order valence-corrected chi connectivity index (χ2v) is 5.40. The Balaban J connectivity index is 2.21. The maximum absolute atomic E-state index is 9.41. The molecule has 0 heterocycles. The minimum absolute atomic E-state index is 0.187. The molecule has 0 aromatic rings. The van der Waals surface area contributed by atoms with Crippen LogP contribution in [0.5, 0.6) is 0 Å². The highest BCUT2D eigenvalue weighted by Crippen LogP contribution is 2.74. The van der Waals surface area contributed by atoms with Crippen molar-refractivity contribution in [2.24, 2.45) is 22.7 Å². The third-order valence-electron chi connectivity index (χ3n) is 4.12. The van der Waals surface area contributed by atoms with E-state index in [9.17, 15) is 5.11 Å². The van der Waals surface area contributed by atoms with E-state index in [1.807, 2.05) is 0 Å². The Morgan fingerprint density at radius 3 is 2.29 bits per heavy atom.